The Morgan fingerprint density at radius 2 is 1.03 bits per heavy atom. The van der Waals surface area contributed by atoms with Crippen LogP contribution in [0.4, 0.5) is 0 Å². The molecule has 4 heterocycles. The topological polar surface area (TPSA) is 34.0 Å². The molecule has 0 bridgehead atoms. The molecule has 0 saturated carbocycles. The van der Waals surface area contributed by atoms with Gasteiger partial charge in [0.15, 0.2) is 24.8 Å². The molecule has 0 radical (unpaired) electrons. The number of furan rings is 2. The number of nitrogens with zero attached hydrogens (tertiary/aromatic N) is 2. The molecule has 0 aromatic carbocycles. The summed E-state index contributed by atoms with van der Waals surface area (Å²) in [5.41, 5.74) is 7.07. The lowest BCUT2D eigenvalue weighted by atomic mass is 9.96. The molecule has 0 saturated heterocycles. The predicted molar refractivity (Wildman–Crippen MR) is 111 cm³/mol. The van der Waals surface area contributed by atoms with E-state index in [0.29, 0.717) is 0 Å². The first-order chi connectivity index (χ1) is 14.2. The highest BCUT2D eigenvalue weighted by Gasteiger charge is 2.31. The van der Waals surface area contributed by atoms with Crippen molar-refractivity contribution in [3.8, 4) is 0 Å². The van der Waals surface area contributed by atoms with E-state index in [1.807, 2.05) is 47.5 Å². The van der Waals surface area contributed by atoms with E-state index in [1.54, 1.807) is 12.5 Å². The molecule has 4 aromatic heterocycles. The molecular weight excluding hydrogens is 360 g/mol. The fourth-order valence-corrected chi connectivity index (χ4v) is 3.94. The number of allylic oxidation sites excluding steroid dienone is 4. The van der Waals surface area contributed by atoms with Crippen molar-refractivity contribution in [1.82, 2.24) is 0 Å². The molecule has 0 atom stereocenters. The SMILES string of the molecule is C[n+]1ccc(C2=C(c3ccco3)C(c3ccco3)=C(c3cc[n+](C)cc3)C2)cc1. The molecular formula is C25H22N2O2+2. The number of rotatable bonds is 4. The van der Waals surface area contributed by atoms with Gasteiger partial charge in [-0.05, 0) is 46.5 Å². The first kappa shape index (κ1) is 17.4. The summed E-state index contributed by atoms with van der Waals surface area (Å²) < 4.78 is 15.9. The summed E-state index contributed by atoms with van der Waals surface area (Å²) in [4.78, 5) is 0. The van der Waals surface area contributed by atoms with Crippen molar-refractivity contribution in [3.63, 3.8) is 0 Å². The van der Waals surface area contributed by atoms with Crippen molar-refractivity contribution < 1.29 is 18.0 Å². The molecule has 0 spiro atoms. The van der Waals surface area contributed by atoms with Crippen LogP contribution in [0.1, 0.15) is 29.1 Å². The van der Waals surface area contributed by atoms with E-state index in [9.17, 15) is 0 Å². The molecule has 5 rings (SSSR count). The zero-order chi connectivity index (χ0) is 19.8. The molecule has 0 fully saturated rings. The number of pyridine rings is 2. The van der Waals surface area contributed by atoms with E-state index in [4.69, 9.17) is 8.83 Å². The van der Waals surface area contributed by atoms with Gasteiger partial charge in [0.2, 0.25) is 0 Å². The smallest absolute Gasteiger partial charge is 0.169 e. The van der Waals surface area contributed by atoms with Gasteiger partial charge < -0.3 is 8.83 Å². The lowest BCUT2D eigenvalue weighted by Gasteiger charge is -2.09. The van der Waals surface area contributed by atoms with Crippen LogP contribution in [-0.4, -0.2) is 0 Å². The van der Waals surface area contributed by atoms with Gasteiger partial charge in [0, 0.05) is 41.8 Å². The molecule has 142 valence electrons. The summed E-state index contributed by atoms with van der Waals surface area (Å²) in [6.45, 7) is 0. The average molecular weight is 382 g/mol. The molecule has 0 N–H and O–H groups in total. The minimum absolute atomic E-state index is 0.813. The lowest BCUT2D eigenvalue weighted by Crippen LogP contribution is -2.26. The number of hydrogen-bond donors (Lipinski definition) is 0. The van der Waals surface area contributed by atoms with Crippen LogP contribution in [-0.2, 0) is 14.1 Å². The highest BCUT2D eigenvalue weighted by molar-refractivity contribution is 6.26. The standard InChI is InChI=1S/C25H22N2O2/c1-26-11-7-18(8-12-26)20-17-21(19-9-13-27(2)14-10-19)25(23-6-4-16-29-23)24(20)22-5-3-15-28-22/h3-16H,17H2,1-2H3/q+2. The quantitative estimate of drug-likeness (QED) is 0.489. The van der Waals surface area contributed by atoms with Gasteiger partial charge >= 0.3 is 0 Å². The summed E-state index contributed by atoms with van der Waals surface area (Å²) in [6, 6.07) is 16.6. The molecule has 1 aliphatic carbocycles. The van der Waals surface area contributed by atoms with Crippen LogP contribution in [0.2, 0.25) is 0 Å². The molecule has 1 aliphatic rings. The van der Waals surface area contributed by atoms with E-state index in [2.05, 4.69) is 49.1 Å². The van der Waals surface area contributed by atoms with Crippen molar-refractivity contribution in [2.75, 3.05) is 0 Å². The Balaban J connectivity index is 1.77. The van der Waals surface area contributed by atoms with Crippen LogP contribution < -0.4 is 9.13 Å². The Kier molecular flexibility index (Phi) is 4.24. The summed E-state index contributed by atoms with van der Waals surface area (Å²) in [7, 11) is 4.06. The van der Waals surface area contributed by atoms with E-state index >= 15 is 0 Å². The number of aromatic nitrogens is 2. The van der Waals surface area contributed by atoms with Crippen molar-refractivity contribution >= 4 is 22.3 Å². The average Bonchev–Trinajstić information content (AvgIpc) is 3.48. The lowest BCUT2D eigenvalue weighted by molar-refractivity contribution is -0.671. The Hall–Kier alpha value is -3.66. The zero-order valence-electron chi connectivity index (χ0n) is 16.5. The second-order valence-electron chi connectivity index (χ2n) is 7.34. The van der Waals surface area contributed by atoms with Gasteiger partial charge in [0.1, 0.15) is 25.6 Å². The van der Waals surface area contributed by atoms with Crippen molar-refractivity contribution in [1.29, 1.82) is 0 Å². The molecule has 4 nitrogen and oxygen atoms in total. The fourth-order valence-electron chi connectivity index (χ4n) is 3.94. The Morgan fingerprint density at radius 1 is 0.621 bits per heavy atom. The summed E-state index contributed by atoms with van der Waals surface area (Å²) in [5.74, 6) is 1.72. The Bertz CT molecular complexity index is 1100. The first-order valence-corrected chi connectivity index (χ1v) is 9.66. The normalized spacial score (nSPS) is 14.1. The molecule has 4 aromatic rings. The maximum absolute atomic E-state index is 5.88. The second-order valence-corrected chi connectivity index (χ2v) is 7.34. The molecule has 0 unspecified atom stereocenters. The summed E-state index contributed by atoms with van der Waals surface area (Å²) in [6.07, 6.45) is 12.6. The van der Waals surface area contributed by atoms with Gasteiger partial charge in [-0.3, -0.25) is 0 Å². The number of hydrogen-bond acceptors (Lipinski definition) is 2. The van der Waals surface area contributed by atoms with Gasteiger partial charge in [-0.2, -0.15) is 0 Å². The maximum atomic E-state index is 5.88. The third-order valence-electron chi connectivity index (χ3n) is 5.40. The van der Waals surface area contributed by atoms with E-state index in [-0.39, 0.29) is 0 Å². The van der Waals surface area contributed by atoms with Crippen molar-refractivity contribution in [3.05, 3.63) is 108 Å². The van der Waals surface area contributed by atoms with Gasteiger partial charge in [0.05, 0.1) is 12.5 Å². The fraction of sp³-hybridized carbons (Fsp3) is 0.120. The first-order valence-electron chi connectivity index (χ1n) is 9.66. The van der Waals surface area contributed by atoms with Crippen LogP contribution in [0.5, 0.6) is 0 Å². The summed E-state index contributed by atoms with van der Waals surface area (Å²) >= 11 is 0. The van der Waals surface area contributed by atoms with Crippen LogP contribution in [0.15, 0.2) is 94.7 Å². The minimum atomic E-state index is 0.813. The minimum Gasteiger partial charge on any atom is -0.464 e. The summed E-state index contributed by atoms with van der Waals surface area (Å²) in [5, 5.41) is 0. The predicted octanol–water partition coefficient (Wildman–Crippen LogP) is 4.45. The van der Waals surface area contributed by atoms with Gasteiger partial charge in [-0.25, -0.2) is 9.13 Å². The highest BCUT2D eigenvalue weighted by Crippen LogP contribution is 2.51. The Morgan fingerprint density at radius 3 is 1.38 bits per heavy atom. The van der Waals surface area contributed by atoms with E-state index in [0.717, 1.165) is 29.1 Å². The molecule has 29 heavy (non-hydrogen) atoms. The highest BCUT2D eigenvalue weighted by atomic mass is 16.3. The van der Waals surface area contributed by atoms with Crippen LogP contribution in [0.25, 0.3) is 22.3 Å². The van der Waals surface area contributed by atoms with Crippen LogP contribution >= 0.6 is 0 Å². The third-order valence-corrected chi connectivity index (χ3v) is 5.40. The van der Waals surface area contributed by atoms with Gasteiger partial charge in [0.25, 0.3) is 0 Å². The van der Waals surface area contributed by atoms with Crippen LogP contribution in [0.3, 0.4) is 0 Å². The van der Waals surface area contributed by atoms with E-state index in [1.165, 1.54) is 22.3 Å². The second kappa shape index (κ2) is 7.06. The van der Waals surface area contributed by atoms with Gasteiger partial charge in [-0.15, -0.1) is 0 Å². The molecule has 0 aliphatic heterocycles. The monoisotopic (exact) mass is 382 g/mol. The van der Waals surface area contributed by atoms with Crippen molar-refractivity contribution in [2.24, 2.45) is 14.1 Å². The number of aryl methyl sites for hydroxylation is 2. The third kappa shape index (κ3) is 3.13. The van der Waals surface area contributed by atoms with E-state index < -0.39 is 0 Å². The maximum Gasteiger partial charge on any atom is 0.169 e. The Labute approximate surface area is 169 Å². The van der Waals surface area contributed by atoms with Gasteiger partial charge in [-0.1, -0.05) is 0 Å². The zero-order valence-corrected chi connectivity index (χ0v) is 16.5. The van der Waals surface area contributed by atoms with Crippen LogP contribution in [0, 0.1) is 0 Å². The largest absolute Gasteiger partial charge is 0.464 e. The molecule has 0 amide bonds. The van der Waals surface area contributed by atoms with Crippen molar-refractivity contribution in [2.45, 2.75) is 6.42 Å². The molecule has 4 heteroatoms.